The van der Waals surface area contributed by atoms with Crippen LogP contribution in [-0.2, 0) is 21.1 Å². The van der Waals surface area contributed by atoms with E-state index in [9.17, 15) is 0 Å². The second kappa shape index (κ2) is 8.01. The average Bonchev–Trinajstić information content (AvgIpc) is 2.33. The first-order valence-electron chi connectivity index (χ1n) is 6.00. The van der Waals surface area contributed by atoms with E-state index in [2.05, 4.69) is 16.2 Å². The quantitative estimate of drug-likeness (QED) is 0.615. The fourth-order valence-corrected chi connectivity index (χ4v) is 1.46. The number of aryl methyl sites for hydroxylation is 5. The van der Waals surface area contributed by atoms with Crippen molar-refractivity contribution in [3.8, 4) is 11.6 Å². The molecule has 5 heteroatoms. The van der Waals surface area contributed by atoms with E-state index in [0.29, 0.717) is 5.69 Å². The topological polar surface area (TPSA) is 66.2 Å². The van der Waals surface area contributed by atoms with Crippen molar-refractivity contribution in [3.05, 3.63) is 46.4 Å². The molecular weight excluding hydrogens is 424 g/mol. The van der Waals surface area contributed by atoms with Crippen LogP contribution in [0.2, 0.25) is 0 Å². The van der Waals surface area contributed by atoms with E-state index in [1.54, 1.807) is 13.0 Å². The third-order valence-electron chi connectivity index (χ3n) is 2.75. The molecule has 108 valence electrons. The van der Waals surface area contributed by atoms with Crippen molar-refractivity contribution < 1.29 is 31.3 Å². The van der Waals surface area contributed by atoms with E-state index < -0.39 is 0 Å². The van der Waals surface area contributed by atoms with Crippen molar-refractivity contribution in [1.29, 1.82) is 0 Å². The Morgan fingerprint density at radius 1 is 0.900 bits per heavy atom. The molecule has 0 saturated heterocycles. The van der Waals surface area contributed by atoms with Crippen LogP contribution in [0.15, 0.2) is 12.1 Å². The fraction of sp³-hybridized carbons (Fsp3) is 0.333. The molecule has 0 amide bonds. The van der Waals surface area contributed by atoms with Crippen LogP contribution in [0.4, 0.5) is 0 Å². The van der Waals surface area contributed by atoms with Gasteiger partial charge in [-0.15, -0.1) is 11.1 Å². The van der Waals surface area contributed by atoms with Gasteiger partial charge in [0.05, 0.1) is 11.6 Å². The molecule has 2 rings (SSSR count). The summed E-state index contributed by atoms with van der Waals surface area (Å²) in [5.74, 6) is 0.351. The summed E-state index contributed by atoms with van der Waals surface area (Å²) in [6.07, 6.45) is 2.64. The molecule has 2 N–H and O–H groups in total. The van der Waals surface area contributed by atoms with E-state index >= 15 is 0 Å². The minimum atomic E-state index is 0. The van der Waals surface area contributed by atoms with Crippen molar-refractivity contribution >= 4 is 0 Å². The predicted molar refractivity (Wildman–Crippen MR) is 74.3 cm³/mol. The van der Waals surface area contributed by atoms with E-state index in [0.717, 1.165) is 22.4 Å². The fourth-order valence-electron chi connectivity index (χ4n) is 1.46. The van der Waals surface area contributed by atoms with Crippen LogP contribution >= 0.6 is 0 Å². The number of hydrogen-bond donors (Lipinski definition) is 2. The largest absolute Gasteiger partial charge is 0.550 e. The van der Waals surface area contributed by atoms with Gasteiger partial charge < -0.3 is 15.2 Å². The Kier molecular flexibility index (Phi) is 7.44. The zero-order valence-corrected chi connectivity index (χ0v) is 15.3. The molecule has 0 radical (unpaired) electrons. The van der Waals surface area contributed by atoms with Crippen LogP contribution in [0.25, 0.3) is 0 Å². The van der Waals surface area contributed by atoms with Gasteiger partial charge in [0.15, 0.2) is 0 Å². The van der Waals surface area contributed by atoms with Gasteiger partial charge in [0.1, 0.15) is 5.75 Å². The van der Waals surface area contributed by atoms with Gasteiger partial charge in [-0.05, 0) is 32.4 Å². The summed E-state index contributed by atoms with van der Waals surface area (Å²) in [5, 5.41) is 18.1. The molecule has 0 fully saturated rings. The average molecular weight is 443 g/mol. The summed E-state index contributed by atoms with van der Waals surface area (Å²) in [6.45, 7) is 9.35. The molecule has 0 atom stereocenters. The van der Waals surface area contributed by atoms with Crippen molar-refractivity contribution in [1.82, 2.24) is 9.97 Å². The molecule has 0 spiro atoms. The standard InChI is InChI=1S/C8H11NO.C7H8NO.W/c1-5-4-8(10)7(3)9-6(5)2;1-5-3-6(2)7(9)8-4-5;/h4,10H,1-3H3;3H,1-2H3,(H,8,9);/q;-1;. The van der Waals surface area contributed by atoms with Gasteiger partial charge in [-0.3, -0.25) is 4.98 Å². The van der Waals surface area contributed by atoms with Crippen LogP contribution in [-0.4, -0.2) is 20.2 Å². The van der Waals surface area contributed by atoms with Crippen molar-refractivity contribution in [2.24, 2.45) is 0 Å². The van der Waals surface area contributed by atoms with Crippen LogP contribution in [0.3, 0.4) is 0 Å². The number of pyridine rings is 2. The summed E-state index contributed by atoms with van der Waals surface area (Å²) >= 11 is 0. The normalized spacial score (nSPS) is 9.25. The molecule has 0 saturated carbocycles. The first-order chi connectivity index (χ1) is 8.81. The van der Waals surface area contributed by atoms with Gasteiger partial charge in [-0.1, -0.05) is 20.0 Å². The van der Waals surface area contributed by atoms with Gasteiger partial charge in [0.25, 0.3) is 0 Å². The molecule has 4 nitrogen and oxygen atoms in total. The summed E-state index contributed by atoms with van der Waals surface area (Å²) in [7, 11) is 0. The summed E-state index contributed by atoms with van der Waals surface area (Å²) in [4.78, 5) is 7.73. The van der Waals surface area contributed by atoms with Gasteiger partial charge >= 0.3 is 0 Å². The van der Waals surface area contributed by atoms with Gasteiger partial charge in [-0.2, -0.15) is 6.07 Å². The zero-order valence-electron chi connectivity index (χ0n) is 12.4. The van der Waals surface area contributed by atoms with E-state index in [1.165, 1.54) is 0 Å². The molecule has 0 aliphatic heterocycles. The Morgan fingerprint density at radius 2 is 1.50 bits per heavy atom. The van der Waals surface area contributed by atoms with Crippen LogP contribution in [0, 0.1) is 40.8 Å². The SMILES string of the molecule is Cc1[c-]nc(O)c(C)c1.Cc1cc(O)c(C)nc1C.[W]. The van der Waals surface area contributed by atoms with E-state index in [-0.39, 0.29) is 32.7 Å². The molecule has 2 heterocycles. The van der Waals surface area contributed by atoms with Crippen molar-refractivity contribution in [3.63, 3.8) is 0 Å². The minimum Gasteiger partial charge on any atom is -0.550 e. The predicted octanol–water partition coefficient (Wildman–Crippen LogP) is 2.91. The number of aromatic nitrogens is 2. The summed E-state index contributed by atoms with van der Waals surface area (Å²) in [5.41, 5.74) is 4.46. The molecule has 0 unspecified atom stereocenters. The zero-order chi connectivity index (χ0) is 14.6. The summed E-state index contributed by atoms with van der Waals surface area (Å²) in [6, 6.07) is 3.57. The number of rotatable bonds is 0. The molecular formula is C15H19N2O2W-. The maximum Gasteiger partial charge on any atom is 0.137 e. The Bertz CT molecular complexity index is 536. The molecule has 0 aromatic carbocycles. The Labute approximate surface area is 134 Å². The third-order valence-corrected chi connectivity index (χ3v) is 2.75. The minimum absolute atomic E-state index is 0. The number of aromatic hydroxyl groups is 2. The number of nitrogens with zero attached hydrogens (tertiary/aromatic N) is 2. The first kappa shape index (κ1) is 18.6. The van der Waals surface area contributed by atoms with E-state index in [4.69, 9.17) is 10.2 Å². The molecule has 2 aromatic rings. The second-order valence-electron chi connectivity index (χ2n) is 4.55. The van der Waals surface area contributed by atoms with Gasteiger partial charge in [0, 0.05) is 26.8 Å². The second-order valence-corrected chi connectivity index (χ2v) is 4.55. The molecule has 20 heavy (non-hydrogen) atoms. The maximum absolute atomic E-state index is 9.16. The monoisotopic (exact) mass is 443 g/mol. The van der Waals surface area contributed by atoms with Gasteiger partial charge in [0.2, 0.25) is 0 Å². The first-order valence-corrected chi connectivity index (χ1v) is 6.00. The molecule has 0 bridgehead atoms. The van der Waals surface area contributed by atoms with Crippen molar-refractivity contribution in [2.45, 2.75) is 34.6 Å². The Balaban J connectivity index is 0.000000345. The number of hydrogen-bond acceptors (Lipinski definition) is 4. The van der Waals surface area contributed by atoms with Crippen LogP contribution < -0.4 is 0 Å². The molecule has 2 aromatic heterocycles. The molecule has 0 aliphatic carbocycles. The smallest absolute Gasteiger partial charge is 0.137 e. The van der Waals surface area contributed by atoms with Gasteiger partial charge in [-0.25, -0.2) is 0 Å². The Hall–Kier alpha value is -1.41. The Morgan fingerprint density at radius 3 is 1.95 bits per heavy atom. The van der Waals surface area contributed by atoms with Crippen LogP contribution in [0.5, 0.6) is 11.6 Å². The maximum atomic E-state index is 9.16. The molecule has 0 aliphatic rings. The summed E-state index contributed by atoms with van der Waals surface area (Å²) < 4.78 is 0. The van der Waals surface area contributed by atoms with Crippen molar-refractivity contribution in [2.75, 3.05) is 0 Å². The van der Waals surface area contributed by atoms with E-state index in [1.807, 2.05) is 33.8 Å². The third kappa shape index (κ3) is 5.30. The van der Waals surface area contributed by atoms with Crippen LogP contribution in [0.1, 0.15) is 28.1 Å².